The first-order valence-corrected chi connectivity index (χ1v) is 7.54. The van der Waals surface area contributed by atoms with Crippen molar-refractivity contribution >= 4 is 10.5 Å². The molecule has 18 heavy (non-hydrogen) atoms. The van der Waals surface area contributed by atoms with E-state index in [1.807, 2.05) is 0 Å². The molecule has 0 heterocycles. The highest BCUT2D eigenvalue weighted by Gasteiger charge is 2.32. The zero-order valence-corrected chi connectivity index (χ0v) is 16.0. The van der Waals surface area contributed by atoms with Crippen LogP contribution in [0.25, 0.3) is 0 Å². The van der Waals surface area contributed by atoms with E-state index in [1.54, 1.807) is 0 Å². The van der Waals surface area contributed by atoms with Crippen molar-refractivity contribution < 1.29 is 9.46 Å². The molecule has 0 radical (unpaired) electrons. The van der Waals surface area contributed by atoms with E-state index < -0.39 is 0 Å². The first-order chi connectivity index (χ1) is 7.80. The molecule has 0 aliphatic heterocycles. The fourth-order valence-electron chi connectivity index (χ4n) is 2.30. The van der Waals surface area contributed by atoms with Crippen LogP contribution in [0.1, 0.15) is 62.3 Å². The van der Waals surface area contributed by atoms with Gasteiger partial charge < -0.3 is 0 Å². The maximum atomic E-state index is 5.51. The lowest BCUT2D eigenvalue weighted by atomic mass is 9.70. The molecule has 1 unspecified atom stereocenters. The number of hydrogen-bond donors (Lipinski definition) is 0. The molecular formula is C15H32O2Si. The SMILES string of the molecule is CC(C)(C)C(=CC(OO[SiH3])C(C)(C)C)C(C)(C)C. The number of rotatable bonds is 3. The van der Waals surface area contributed by atoms with E-state index in [0.29, 0.717) is 10.5 Å². The van der Waals surface area contributed by atoms with Gasteiger partial charge >= 0.3 is 0 Å². The Hall–Kier alpha value is -0.123. The smallest absolute Gasteiger partial charge is 0.193 e. The van der Waals surface area contributed by atoms with Gasteiger partial charge in [-0.1, -0.05) is 74.0 Å². The molecule has 0 fully saturated rings. The highest BCUT2D eigenvalue weighted by molar-refractivity contribution is 5.97. The van der Waals surface area contributed by atoms with Crippen molar-refractivity contribution in [2.24, 2.45) is 16.2 Å². The second-order valence-electron chi connectivity index (χ2n) is 8.13. The van der Waals surface area contributed by atoms with Gasteiger partial charge in [-0.3, -0.25) is 4.58 Å². The van der Waals surface area contributed by atoms with Gasteiger partial charge in [0, 0.05) is 0 Å². The third-order valence-corrected chi connectivity index (χ3v) is 3.18. The van der Waals surface area contributed by atoms with Crippen LogP contribution < -0.4 is 0 Å². The molecule has 0 saturated heterocycles. The molecule has 0 saturated carbocycles. The van der Waals surface area contributed by atoms with Gasteiger partial charge in [0.15, 0.2) is 10.5 Å². The topological polar surface area (TPSA) is 18.5 Å². The predicted octanol–water partition coefficient (Wildman–Crippen LogP) is 3.65. The third kappa shape index (κ3) is 5.68. The molecule has 0 N–H and O–H groups in total. The first-order valence-electron chi connectivity index (χ1n) is 6.72. The summed E-state index contributed by atoms with van der Waals surface area (Å²) in [6.45, 7) is 20.1. The van der Waals surface area contributed by atoms with E-state index in [-0.39, 0.29) is 22.3 Å². The van der Waals surface area contributed by atoms with E-state index >= 15 is 0 Å². The average molecular weight is 273 g/mol. The first kappa shape index (κ1) is 17.9. The second-order valence-corrected chi connectivity index (χ2v) is 8.46. The summed E-state index contributed by atoms with van der Waals surface area (Å²) in [5.74, 6) is 0. The van der Waals surface area contributed by atoms with Crippen molar-refractivity contribution in [3.63, 3.8) is 0 Å². The van der Waals surface area contributed by atoms with Crippen LogP contribution in [-0.4, -0.2) is 16.6 Å². The number of hydrogen-bond acceptors (Lipinski definition) is 2. The van der Waals surface area contributed by atoms with Gasteiger partial charge in [-0.2, -0.15) is 0 Å². The van der Waals surface area contributed by atoms with Crippen molar-refractivity contribution in [2.45, 2.75) is 68.4 Å². The Bertz CT molecular complexity index is 271. The van der Waals surface area contributed by atoms with Crippen LogP contribution in [0.4, 0.5) is 0 Å². The molecule has 0 amide bonds. The molecule has 1 atom stereocenters. The zero-order chi connectivity index (χ0) is 14.8. The summed E-state index contributed by atoms with van der Waals surface area (Å²) in [5, 5.41) is 0. The summed E-state index contributed by atoms with van der Waals surface area (Å²) < 4.78 is 5.05. The Morgan fingerprint density at radius 3 is 1.50 bits per heavy atom. The Balaban J connectivity index is 5.51. The summed E-state index contributed by atoms with van der Waals surface area (Å²) in [4.78, 5) is 5.51. The van der Waals surface area contributed by atoms with Crippen molar-refractivity contribution in [1.29, 1.82) is 0 Å². The molecule has 108 valence electrons. The molecule has 0 aliphatic rings. The standard InChI is InChI=1S/C15H32O2Si/c1-13(2,3)11(14(4,5)6)10-12(16-17-18)15(7,8)9/h10,12H,1-9,18H3. The lowest BCUT2D eigenvalue weighted by Gasteiger charge is -2.37. The van der Waals surface area contributed by atoms with E-state index in [0.717, 1.165) is 0 Å². The minimum Gasteiger partial charge on any atom is -0.298 e. The quantitative estimate of drug-likeness (QED) is 0.338. The summed E-state index contributed by atoms with van der Waals surface area (Å²) >= 11 is 0. The summed E-state index contributed by atoms with van der Waals surface area (Å²) in [7, 11) is 0.598. The zero-order valence-electron chi connectivity index (χ0n) is 14.0. The summed E-state index contributed by atoms with van der Waals surface area (Å²) in [6, 6.07) is 0. The molecule has 0 aromatic heterocycles. The van der Waals surface area contributed by atoms with Gasteiger partial charge in [-0.05, 0) is 16.2 Å². The van der Waals surface area contributed by atoms with Crippen LogP contribution in [-0.2, 0) is 9.46 Å². The lowest BCUT2D eigenvalue weighted by Crippen LogP contribution is -2.31. The minimum absolute atomic E-state index is 0.0107. The Morgan fingerprint density at radius 1 is 0.889 bits per heavy atom. The minimum atomic E-state index is -0.0107. The van der Waals surface area contributed by atoms with E-state index in [9.17, 15) is 0 Å². The van der Waals surface area contributed by atoms with Crippen molar-refractivity contribution in [1.82, 2.24) is 0 Å². The molecule has 0 spiro atoms. The van der Waals surface area contributed by atoms with E-state index in [1.165, 1.54) is 5.57 Å². The largest absolute Gasteiger partial charge is 0.298 e. The van der Waals surface area contributed by atoms with Gasteiger partial charge in [0.2, 0.25) is 0 Å². The molecular weight excluding hydrogens is 240 g/mol. The fraction of sp³-hybridized carbons (Fsp3) is 0.867. The van der Waals surface area contributed by atoms with Crippen LogP contribution in [0, 0.1) is 16.2 Å². The Morgan fingerprint density at radius 2 is 1.28 bits per heavy atom. The molecule has 0 aromatic rings. The predicted molar refractivity (Wildman–Crippen MR) is 82.3 cm³/mol. The molecule has 0 bridgehead atoms. The highest BCUT2D eigenvalue weighted by Crippen LogP contribution is 2.41. The van der Waals surface area contributed by atoms with Crippen LogP contribution in [0.15, 0.2) is 11.6 Å². The van der Waals surface area contributed by atoms with E-state index in [2.05, 4.69) is 68.4 Å². The van der Waals surface area contributed by atoms with E-state index in [4.69, 9.17) is 9.46 Å². The van der Waals surface area contributed by atoms with Gasteiger partial charge in [-0.25, -0.2) is 4.89 Å². The van der Waals surface area contributed by atoms with Crippen LogP contribution in [0.2, 0.25) is 0 Å². The van der Waals surface area contributed by atoms with Crippen LogP contribution in [0.5, 0.6) is 0 Å². The van der Waals surface area contributed by atoms with Crippen molar-refractivity contribution in [3.8, 4) is 0 Å². The second kappa shape index (κ2) is 5.89. The molecule has 0 aliphatic carbocycles. The van der Waals surface area contributed by atoms with Crippen molar-refractivity contribution in [3.05, 3.63) is 11.6 Å². The molecule has 0 rings (SSSR count). The van der Waals surface area contributed by atoms with Crippen molar-refractivity contribution in [2.75, 3.05) is 0 Å². The Labute approximate surface area is 117 Å². The van der Waals surface area contributed by atoms with Gasteiger partial charge in [-0.15, -0.1) is 0 Å². The molecule has 3 heteroatoms. The lowest BCUT2D eigenvalue weighted by molar-refractivity contribution is -0.251. The monoisotopic (exact) mass is 272 g/mol. The maximum absolute atomic E-state index is 5.51. The Kier molecular flexibility index (Phi) is 5.85. The van der Waals surface area contributed by atoms with Gasteiger partial charge in [0.25, 0.3) is 0 Å². The highest BCUT2D eigenvalue weighted by atomic mass is 28.2. The summed E-state index contributed by atoms with van der Waals surface area (Å²) in [5.41, 5.74) is 1.72. The average Bonchev–Trinajstić information content (AvgIpc) is 2.05. The van der Waals surface area contributed by atoms with Crippen LogP contribution in [0.3, 0.4) is 0 Å². The fourth-order valence-corrected chi connectivity index (χ4v) is 2.51. The maximum Gasteiger partial charge on any atom is 0.193 e. The van der Waals surface area contributed by atoms with Gasteiger partial charge in [0.1, 0.15) is 6.10 Å². The normalized spacial score (nSPS) is 15.6. The molecule has 2 nitrogen and oxygen atoms in total. The number of allylic oxidation sites excluding steroid dienone is 1. The van der Waals surface area contributed by atoms with Crippen LogP contribution >= 0.6 is 0 Å². The summed E-state index contributed by atoms with van der Waals surface area (Å²) in [6.07, 6.45) is 2.25. The molecule has 0 aromatic carbocycles. The third-order valence-electron chi connectivity index (χ3n) is 2.99. The van der Waals surface area contributed by atoms with Gasteiger partial charge in [0.05, 0.1) is 0 Å².